The first-order chi connectivity index (χ1) is 17.3. The Hall–Kier alpha value is -3.86. The summed E-state index contributed by atoms with van der Waals surface area (Å²) in [6.45, 7) is 4.14. The monoisotopic (exact) mass is 514 g/mol. The van der Waals surface area contributed by atoms with Crippen molar-refractivity contribution in [1.29, 1.82) is 0 Å². The summed E-state index contributed by atoms with van der Waals surface area (Å²) in [5, 5.41) is 10.3. The molecule has 1 aliphatic rings. The zero-order valence-corrected chi connectivity index (χ0v) is 20.7. The summed E-state index contributed by atoms with van der Waals surface area (Å²) in [7, 11) is 0. The van der Waals surface area contributed by atoms with Crippen molar-refractivity contribution in [3.8, 4) is 11.5 Å². The van der Waals surface area contributed by atoms with E-state index in [1.165, 1.54) is 12.1 Å². The molecule has 0 N–H and O–H groups in total. The third kappa shape index (κ3) is 7.08. The van der Waals surface area contributed by atoms with Crippen LogP contribution >= 0.6 is 11.8 Å². The zero-order valence-electron chi connectivity index (χ0n) is 19.9. The van der Waals surface area contributed by atoms with E-state index in [4.69, 9.17) is 14.2 Å². The molecule has 1 saturated heterocycles. The minimum Gasteiger partial charge on any atom is -0.490 e. The maximum atomic E-state index is 12.7. The summed E-state index contributed by atoms with van der Waals surface area (Å²) >= 11 is 0.752. The van der Waals surface area contributed by atoms with Crippen molar-refractivity contribution in [2.45, 2.75) is 33.3 Å². The number of carbonyl (C=O) groups excluding carboxylic acids is 3. The van der Waals surface area contributed by atoms with Gasteiger partial charge in [-0.15, -0.1) is 0 Å². The van der Waals surface area contributed by atoms with Crippen molar-refractivity contribution in [3.63, 3.8) is 0 Å². The Morgan fingerprint density at radius 3 is 2.50 bits per heavy atom. The van der Waals surface area contributed by atoms with E-state index in [9.17, 15) is 24.5 Å². The molecule has 2 amide bonds. The predicted molar refractivity (Wildman–Crippen MR) is 134 cm³/mol. The topological polar surface area (TPSA) is 125 Å². The number of carbonyl (C=O) groups is 3. The molecule has 10 nitrogen and oxygen atoms in total. The zero-order chi connectivity index (χ0) is 26.1. The largest absolute Gasteiger partial charge is 0.490 e. The molecule has 0 spiro atoms. The molecular weight excluding hydrogens is 488 g/mol. The number of hydrogen-bond donors (Lipinski definition) is 0. The average molecular weight is 515 g/mol. The number of ether oxygens (including phenoxy) is 3. The van der Waals surface area contributed by atoms with Crippen molar-refractivity contribution < 1.29 is 33.5 Å². The highest BCUT2D eigenvalue weighted by molar-refractivity contribution is 8.18. The number of nitro groups is 1. The second-order valence-corrected chi connectivity index (χ2v) is 8.69. The van der Waals surface area contributed by atoms with Crippen LogP contribution in [0.15, 0.2) is 47.4 Å². The van der Waals surface area contributed by atoms with Crippen molar-refractivity contribution in [2.75, 3.05) is 19.8 Å². The molecule has 0 aliphatic carbocycles. The molecule has 0 atom stereocenters. The van der Waals surface area contributed by atoms with E-state index in [1.54, 1.807) is 36.4 Å². The van der Waals surface area contributed by atoms with E-state index in [0.29, 0.717) is 30.1 Å². The number of unbranched alkanes of at least 4 members (excludes halogenated alkanes) is 1. The van der Waals surface area contributed by atoms with Gasteiger partial charge >= 0.3 is 5.97 Å². The fourth-order valence-corrected chi connectivity index (χ4v) is 4.01. The standard InChI is InChI=1S/C25H26N2O8S/c1-3-5-12-34-23(28)15-26-24(29)22(36-25(26)30)14-18-8-11-20(21(13-18)33-4-2)35-16-17-6-9-19(10-7-17)27(31)32/h6-11,13-14H,3-5,12,15-16H2,1-2H3/b22-14+. The van der Waals surface area contributed by atoms with Gasteiger partial charge < -0.3 is 14.2 Å². The lowest BCUT2D eigenvalue weighted by Crippen LogP contribution is -2.34. The number of rotatable bonds is 12. The molecular formula is C25H26N2O8S. The quantitative estimate of drug-likeness (QED) is 0.127. The number of benzene rings is 2. The molecule has 1 fully saturated rings. The molecule has 0 radical (unpaired) electrons. The number of imide groups is 1. The average Bonchev–Trinajstić information content (AvgIpc) is 3.11. The summed E-state index contributed by atoms with van der Waals surface area (Å²) in [4.78, 5) is 48.3. The van der Waals surface area contributed by atoms with Crippen molar-refractivity contribution in [3.05, 3.63) is 68.6 Å². The SMILES string of the molecule is CCCCOC(=O)CN1C(=O)S/C(=C/c2ccc(OCc3ccc([N+](=O)[O-])cc3)c(OCC)c2)C1=O. The van der Waals surface area contributed by atoms with E-state index in [-0.39, 0.29) is 23.8 Å². The summed E-state index contributed by atoms with van der Waals surface area (Å²) in [5.74, 6) is -0.295. The van der Waals surface area contributed by atoms with E-state index in [2.05, 4.69) is 0 Å². The van der Waals surface area contributed by atoms with Crippen molar-refractivity contribution >= 4 is 40.6 Å². The van der Waals surface area contributed by atoms with E-state index < -0.39 is 28.6 Å². The molecule has 0 bridgehead atoms. The van der Waals surface area contributed by atoms with Gasteiger partial charge in [-0.05, 0) is 66.6 Å². The Bertz CT molecular complexity index is 1160. The Morgan fingerprint density at radius 2 is 1.83 bits per heavy atom. The van der Waals surface area contributed by atoms with Crippen LogP contribution in [0.1, 0.15) is 37.8 Å². The Kier molecular flexibility index (Phi) is 9.46. The third-order valence-corrected chi connectivity index (χ3v) is 5.94. The molecule has 0 unspecified atom stereocenters. The number of non-ortho nitro benzene ring substituents is 1. The second kappa shape index (κ2) is 12.7. The fourth-order valence-electron chi connectivity index (χ4n) is 3.17. The lowest BCUT2D eigenvalue weighted by atomic mass is 10.1. The van der Waals surface area contributed by atoms with Gasteiger partial charge in [0.2, 0.25) is 0 Å². The molecule has 0 saturated carbocycles. The highest BCUT2D eigenvalue weighted by Gasteiger charge is 2.36. The van der Waals surface area contributed by atoms with E-state index in [0.717, 1.165) is 28.6 Å². The van der Waals surface area contributed by atoms with Crippen LogP contribution in [-0.4, -0.2) is 46.7 Å². The first kappa shape index (κ1) is 26.7. The highest BCUT2D eigenvalue weighted by Crippen LogP contribution is 2.35. The van der Waals surface area contributed by atoms with Gasteiger partial charge in [0, 0.05) is 12.1 Å². The lowest BCUT2D eigenvalue weighted by Gasteiger charge is -2.13. The van der Waals surface area contributed by atoms with Gasteiger partial charge in [-0.2, -0.15) is 0 Å². The number of hydrogen-bond acceptors (Lipinski definition) is 9. The Labute approximate surface area is 212 Å². The first-order valence-corrected chi connectivity index (χ1v) is 12.2. The molecule has 1 aliphatic heterocycles. The Morgan fingerprint density at radius 1 is 1.08 bits per heavy atom. The van der Waals surface area contributed by atoms with Crippen LogP contribution in [0.3, 0.4) is 0 Å². The van der Waals surface area contributed by atoms with E-state index >= 15 is 0 Å². The second-order valence-electron chi connectivity index (χ2n) is 7.69. The Balaban J connectivity index is 1.69. The van der Waals surface area contributed by atoms with Crippen LogP contribution in [-0.2, 0) is 20.9 Å². The van der Waals surface area contributed by atoms with Crippen molar-refractivity contribution in [1.82, 2.24) is 4.90 Å². The molecule has 0 aromatic heterocycles. The van der Waals surface area contributed by atoms with Crippen LogP contribution in [0.2, 0.25) is 0 Å². The van der Waals surface area contributed by atoms with Gasteiger partial charge in [-0.1, -0.05) is 19.4 Å². The van der Waals surface area contributed by atoms with Gasteiger partial charge in [0.25, 0.3) is 16.8 Å². The molecule has 3 rings (SSSR count). The lowest BCUT2D eigenvalue weighted by molar-refractivity contribution is -0.384. The third-order valence-electron chi connectivity index (χ3n) is 5.03. The summed E-state index contributed by atoms with van der Waals surface area (Å²) < 4.78 is 16.6. The predicted octanol–water partition coefficient (Wildman–Crippen LogP) is 4.95. The number of nitrogens with zero attached hydrogens (tertiary/aromatic N) is 2. The first-order valence-electron chi connectivity index (χ1n) is 11.4. The summed E-state index contributed by atoms with van der Waals surface area (Å²) in [5.41, 5.74) is 1.35. The number of esters is 1. The highest BCUT2D eigenvalue weighted by atomic mass is 32.2. The number of thioether (sulfide) groups is 1. The van der Waals surface area contributed by atoms with E-state index in [1.807, 2.05) is 13.8 Å². The van der Waals surface area contributed by atoms with Gasteiger partial charge in [-0.3, -0.25) is 29.4 Å². The van der Waals surface area contributed by atoms with Gasteiger partial charge in [0.1, 0.15) is 13.2 Å². The fraction of sp³-hybridized carbons (Fsp3) is 0.320. The van der Waals surface area contributed by atoms with Gasteiger partial charge in [-0.25, -0.2) is 0 Å². The van der Waals surface area contributed by atoms with Gasteiger partial charge in [0.05, 0.1) is 23.0 Å². The van der Waals surface area contributed by atoms with Crippen LogP contribution < -0.4 is 9.47 Å². The molecule has 1 heterocycles. The summed E-state index contributed by atoms with van der Waals surface area (Å²) in [6.07, 6.45) is 3.13. The number of amides is 2. The van der Waals surface area contributed by atoms with Crippen LogP contribution in [0.25, 0.3) is 6.08 Å². The normalized spacial score (nSPS) is 14.3. The smallest absolute Gasteiger partial charge is 0.326 e. The minimum atomic E-state index is -0.625. The van der Waals surface area contributed by atoms with Crippen molar-refractivity contribution in [2.24, 2.45) is 0 Å². The molecule has 2 aromatic carbocycles. The van der Waals surface area contributed by atoms with Crippen LogP contribution in [0.5, 0.6) is 11.5 Å². The maximum Gasteiger partial charge on any atom is 0.326 e. The van der Waals surface area contributed by atoms with Gasteiger partial charge in [0.15, 0.2) is 11.5 Å². The molecule has 2 aromatic rings. The maximum absolute atomic E-state index is 12.7. The van der Waals surface area contributed by atoms with Crippen LogP contribution in [0, 0.1) is 10.1 Å². The van der Waals surface area contributed by atoms with Crippen LogP contribution in [0.4, 0.5) is 10.5 Å². The molecule has 11 heteroatoms. The minimum absolute atomic E-state index is 0.00379. The molecule has 190 valence electrons. The number of nitro benzene ring substituents is 1. The summed E-state index contributed by atoms with van der Waals surface area (Å²) in [6, 6.07) is 11.1. The molecule has 36 heavy (non-hydrogen) atoms.